The van der Waals surface area contributed by atoms with Crippen molar-refractivity contribution in [3.63, 3.8) is 0 Å². The Morgan fingerprint density at radius 2 is 1.96 bits per heavy atom. The van der Waals surface area contributed by atoms with Gasteiger partial charge in [-0.2, -0.15) is 0 Å². The van der Waals surface area contributed by atoms with E-state index in [2.05, 4.69) is 18.6 Å². The second kappa shape index (κ2) is 7.29. The first-order chi connectivity index (χ1) is 11.8. The van der Waals surface area contributed by atoms with E-state index in [1.54, 1.807) is 28.8 Å². The topological polar surface area (TPSA) is 66.5 Å². The molecule has 1 fully saturated rings. The highest BCUT2D eigenvalue weighted by Crippen LogP contribution is 2.39. The zero-order valence-electron chi connectivity index (χ0n) is 15.0. The Morgan fingerprint density at radius 3 is 2.64 bits per heavy atom. The lowest BCUT2D eigenvalue weighted by atomic mass is 9.87. The highest BCUT2D eigenvalue weighted by atomic mass is 32.2. The number of hydrogen-bond donors (Lipinski definition) is 1. The number of nitrogens with zero attached hydrogens (tertiary/aromatic N) is 1. The van der Waals surface area contributed by atoms with Crippen LogP contribution in [0.3, 0.4) is 0 Å². The van der Waals surface area contributed by atoms with Crippen LogP contribution in [0.15, 0.2) is 28.0 Å². The number of rotatable bonds is 3. The number of nitrogens with one attached hydrogen (secondary N) is 1. The van der Waals surface area contributed by atoms with Crippen molar-refractivity contribution in [3.8, 4) is 0 Å². The lowest BCUT2D eigenvalue weighted by Gasteiger charge is -2.32. The molecule has 0 bridgehead atoms. The van der Waals surface area contributed by atoms with Gasteiger partial charge in [-0.25, -0.2) is 13.1 Å². The van der Waals surface area contributed by atoms with E-state index in [0.29, 0.717) is 23.4 Å². The molecule has 3 rings (SSSR count). The number of fused-ring (bicyclic) bond motifs is 1. The van der Waals surface area contributed by atoms with E-state index in [9.17, 15) is 13.2 Å². The average Bonchev–Trinajstić information content (AvgIpc) is 2.55. The van der Waals surface area contributed by atoms with Crippen LogP contribution in [0.1, 0.15) is 46.5 Å². The molecule has 0 unspecified atom stereocenters. The molecule has 5 nitrogen and oxygen atoms in total. The Morgan fingerprint density at radius 1 is 1.24 bits per heavy atom. The van der Waals surface area contributed by atoms with Crippen molar-refractivity contribution in [1.82, 2.24) is 4.72 Å². The maximum Gasteiger partial charge on any atom is 0.240 e. The van der Waals surface area contributed by atoms with Gasteiger partial charge in [0.05, 0.1) is 10.6 Å². The molecule has 1 aliphatic heterocycles. The quantitative estimate of drug-likeness (QED) is 0.870. The zero-order valence-corrected chi connectivity index (χ0v) is 16.6. The van der Waals surface area contributed by atoms with Crippen molar-refractivity contribution in [3.05, 3.63) is 18.2 Å². The predicted octanol–water partition coefficient (Wildman–Crippen LogP) is 3.39. The lowest BCUT2D eigenvalue weighted by Crippen LogP contribution is -2.41. The predicted molar refractivity (Wildman–Crippen MR) is 102 cm³/mol. The third kappa shape index (κ3) is 4.04. The van der Waals surface area contributed by atoms with Crippen LogP contribution in [0.25, 0.3) is 0 Å². The van der Waals surface area contributed by atoms with E-state index < -0.39 is 10.0 Å². The lowest BCUT2D eigenvalue weighted by molar-refractivity contribution is -0.116. The van der Waals surface area contributed by atoms with E-state index in [1.165, 1.54) is 13.3 Å². The molecule has 138 valence electrons. The maximum atomic E-state index is 12.9. The summed E-state index contributed by atoms with van der Waals surface area (Å²) in [5, 5.41) is 0.292. The Kier molecular flexibility index (Phi) is 5.46. The molecule has 0 saturated heterocycles. The van der Waals surface area contributed by atoms with Gasteiger partial charge in [-0.15, -0.1) is 11.8 Å². The molecule has 1 heterocycles. The Hall–Kier alpha value is -1.05. The van der Waals surface area contributed by atoms with Crippen LogP contribution in [0.2, 0.25) is 0 Å². The number of benzene rings is 1. The van der Waals surface area contributed by atoms with Gasteiger partial charge in [0.15, 0.2) is 0 Å². The molecule has 2 aliphatic rings. The average molecular weight is 383 g/mol. The summed E-state index contributed by atoms with van der Waals surface area (Å²) in [6, 6.07) is 5.11. The molecule has 1 saturated carbocycles. The summed E-state index contributed by atoms with van der Waals surface area (Å²) in [7, 11) is -3.59. The van der Waals surface area contributed by atoms with E-state index in [0.717, 1.165) is 24.2 Å². The Bertz CT molecular complexity index is 764. The molecule has 1 aromatic rings. The fourth-order valence-electron chi connectivity index (χ4n) is 3.64. The molecule has 25 heavy (non-hydrogen) atoms. The van der Waals surface area contributed by atoms with Crippen LogP contribution in [0, 0.1) is 5.92 Å². The van der Waals surface area contributed by atoms with Gasteiger partial charge >= 0.3 is 0 Å². The van der Waals surface area contributed by atoms with Gasteiger partial charge in [-0.1, -0.05) is 26.7 Å². The summed E-state index contributed by atoms with van der Waals surface area (Å²) in [5.41, 5.74) is 0.704. The summed E-state index contributed by atoms with van der Waals surface area (Å²) < 4.78 is 28.6. The highest BCUT2D eigenvalue weighted by Gasteiger charge is 2.30. The van der Waals surface area contributed by atoms with Crippen LogP contribution < -0.4 is 9.62 Å². The molecule has 0 spiro atoms. The van der Waals surface area contributed by atoms with E-state index >= 15 is 0 Å². The first-order valence-electron chi connectivity index (χ1n) is 8.89. The summed E-state index contributed by atoms with van der Waals surface area (Å²) in [6.45, 7) is 6.30. The number of sulfonamides is 1. The SMILES string of the molecule is CC(=O)N1C[C@H](C)Sc2ccc(S(=O)(=O)N[C@H]3CCCC[C@H]3C)cc21. The highest BCUT2D eigenvalue weighted by molar-refractivity contribution is 8.00. The van der Waals surface area contributed by atoms with Gasteiger partial charge in [-0.05, 0) is 37.0 Å². The molecule has 0 aromatic heterocycles. The van der Waals surface area contributed by atoms with Gasteiger partial charge in [0.1, 0.15) is 0 Å². The minimum atomic E-state index is -3.59. The van der Waals surface area contributed by atoms with Gasteiger partial charge in [-0.3, -0.25) is 4.79 Å². The van der Waals surface area contributed by atoms with Crippen LogP contribution in [0.5, 0.6) is 0 Å². The summed E-state index contributed by atoms with van der Waals surface area (Å²) in [4.78, 5) is 14.9. The second-order valence-corrected chi connectivity index (χ2v) is 10.4. The van der Waals surface area contributed by atoms with E-state index in [1.807, 2.05) is 6.07 Å². The third-order valence-corrected chi connectivity index (χ3v) is 7.74. The molecule has 1 amide bonds. The molecule has 1 aliphatic carbocycles. The number of amides is 1. The molecule has 1 aromatic carbocycles. The molecule has 1 N–H and O–H groups in total. The van der Waals surface area contributed by atoms with Gasteiger partial charge in [0.2, 0.25) is 15.9 Å². The van der Waals surface area contributed by atoms with Gasteiger partial charge in [0.25, 0.3) is 0 Å². The Labute approximate surface area is 154 Å². The van der Waals surface area contributed by atoms with Gasteiger partial charge < -0.3 is 4.90 Å². The van der Waals surface area contributed by atoms with Crippen LogP contribution in [-0.2, 0) is 14.8 Å². The third-order valence-electron chi connectivity index (χ3n) is 5.10. The van der Waals surface area contributed by atoms with Crippen molar-refractivity contribution in [2.24, 2.45) is 5.92 Å². The number of thioether (sulfide) groups is 1. The van der Waals surface area contributed by atoms with E-state index in [4.69, 9.17) is 0 Å². The minimum Gasteiger partial charge on any atom is -0.310 e. The minimum absolute atomic E-state index is 0.00640. The molecular formula is C18H26N2O3S2. The zero-order chi connectivity index (χ0) is 18.2. The summed E-state index contributed by atoms with van der Waals surface area (Å²) >= 11 is 1.68. The largest absolute Gasteiger partial charge is 0.310 e. The molecular weight excluding hydrogens is 356 g/mol. The first-order valence-corrected chi connectivity index (χ1v) is 11.3. The fourth-order valence-corrected chi connectivity index (χ4v) is 6.13. The normalized spacial score (nSPS) is 27.0. The number of carbonyl (C=O) groups is 1. The molecule has 7 heteroatoms. The first kappa shape index (κ1) is 18.7. The van der Waals surface area contributed by atoms with Crippen LogP contribution in [0.4, 0.5) is 5.69 Å². The molecule has 0 radical (unpaired) electrons. The van der Waals surface area contributed by atoms with Crippen molar-refractivity contribution in [1.29, 1.82) is 0 Å². The van der Waals surface area contributed by atoms with E-state index in [-0.39, 0.29) is 16.8 Å². The van der Waals surface area contributed by atoms with Crippen molar-refractivity contribution in [2.75, 3.05) is 11.4 Å². The summed E-state index contributed by atoms with van der Waals surface area (Å²) in [6.07, 6.45) is 4.18. The number of anilines is 1. The van der Waals surface area contributed by atoms with Crippen molar-refractivity contribution in [2.45, 2.75) is 67.5 Å². The smallest absolute Gasteiger partial charge is 0.240 e. The second-order valence-electron chi connectivity index (χ2n) is 7.18. The standard InChI is InChI=1S/C18H26N2O3S2/c1-12-6-4-5-7-16(12)19-25(22,23)15-8-9-18-17(10-15)20(14(3)21)11-13(2)24-18/h8-10,12-13,16,19H,4-7,11H2,1-3H3/t12-,13+,16+/m1/s1. The maximum absolute atomic E-state index is 12.9. The fraction of sp³-hybridized carbons (Fsp3) is 0.611. The summed E-state index contributed by atoms with van der Waals surface area (Å²) in [5.74, 6) is 0.295. The Balaban J connectivity index is 1.90. The van der Waals surface area contributed by atoms with Gasteiger partial charge in [0, 0.05) is 29.7 Å². The van der Waals surface area contributed by atoms with Crippen molar-refractivity contribution >= 4 is 33.4 Å². The van der Waals surface area contributed by atoms with Crippen LogP contribution >= 0.6 is 11.8 Å². The molecule has 3 atom stereocenters. The van der Waals surface area contributed by atoms with Crippen molar-refractivity contribution < 1.29 is 13.2 Å². The monoisotopic (exact) mass is 382 g/mol. The number of carbonyl (C=O) groups excluding carboxylic acids is 1. The number of hydrogen-bond acceptors (Lipinski definition) is 4. The van der Waals surface area contributed by atoms with Crippen LogP contribution in [-0.4, -0.2) is 32.2 Å².